The average molecular weight is 1050 g/mol. The van der Waals surface area contributed by atoms with Gasteiger partial charge in [-0.3, -0.25) is 4.79 Å². The minimum Gasteiger partial charge on any atom is -0.394 e. The van der Waals surface area contributed by atoms with Gasteiger partial charge in [0.2, 0.25) is 5.91 Å². The van der Waals surface area contributed by atoms with E-state index in [9.17, 15) is 45.6 Å². The molecule has 14 heteroatoms. The predicted molar refractivity (Wildman–Crippen MR) is 295 cm³/mol. The fourth-order valence-corrected chi connectivity index (χ4v) is 9.95. The molecule has 2 fully saturated rings. The molecule has 2 aliphatic heterocycles. The van der Waals surface area contributed by atoms with E-state index in [0.717, 1.165) is 77.0 Å². The van der Waals surface area contributed by atoms with Gasteiger partial charge in [-0.25, -0.2) is 0 Å². The summed E-state index contributed by atoms with van der Waals surface area (Å²) in [5.74, 6) is -0.217. The Hall–Kier alpha value is -1.79. The van der Waals surface area contributed by atoms with Crippen molar-refractivity contribution in [2.45, 2.75) is 319 Å². The average Bonchev–Trinajstić information content (AvgIpc) is 3.40. The van der Waals surface area contributed by atoms with Gasteiger partial charge < -0.3 is 65.1 Å². The molecule has 74 heavy (non-hydrogen) atoms. The molecule has 1 amide bonds. The van der Waals surface area contributed by atoms with Crippen LogP contribution in [0.1, 0.15) is 245 Å². The largest absolute Gasteiger partial charge is 0.394 e. The van der Waals surface area contributed by atoms with Crippen LogP contribution in [0, 0.1) is 0 Å². The van der Waals surface area contributed by atoms with Gasteiger partial charge >= 0.3 is 0 Å². The first-order chi connectivity index (χ1) is 36.1. The van der Waals surface area contributed by atoms with Crippen molar-refractivity contribution < 1.29 is 64.6 Å². The van der Waals surface area contributed by atoms with E-state index >= 15 is 0 Å². The summed E-state index contributed by atoms with van der Waals surface area (Å²) in [6, 6.07) is -0.836. The first-order valence-corrected chi connectivity index (χ1v) is 30.2. The quantitative estimate of drug-likeness (QED) is 0.0204. The van der Waals surface area contributed by atoms with Gasteiger partial charge in [-0.1, -0.05) is 224 Å². The van der Waals surface area contributed by atoms with E-state index in [2.05, 4.69) is 55.6 Å². The van der Waals surface area contributed by atoms with E-state index < -0.39 is 86.8 Å². The number of rotatable bonds is 48. The van der Waals surface area contributed by atoms with Gasteiger partial charge in [-0.15, -0.1) is 0 Å². The SMILES string of the molecule is CCCCCCC/C=C\C/C=C\C/C=C\CCCCCCCCC(=O)NC(COC1OC(CO)C(OC2OC(CO)C(O)C(O)C2O)C(O)C1O)C(O)CCCCCCCCCCCCCCCCCCCCC. The Kier molecular flexibility index (Phi) is 42.6. The van der Waals surface area contributed by atoms with Crippen molar-refractivity contribution in [2.24, 2.45) is 0 Å². The second-order valence-corrected chi connectivity index (χ2v) is 21.5. The number of nitrogens with one attached hydrogen (secondary N) is 1. The maximum absolute atomic E-state index is 13.3. The minimum atomic E-state index is -1.78. The molecular formula is C60H111NO13. The lowest BCUT2D eigenvalue weighted by atomic mass is 9.97. The molecule has 0 spiro atoms. The number of allylic oxidation sites excluding steroid dienone is 6. The molecular weight excluding hydrogens is 943 g/mol. The zero-order valence-corrected chi connectivity index (χ0v) is 46.6. The number of carbonyl (C=O) groups is 1. The van der Waals surface area contributed by atoms with Crippen molar-refractivity contribution in [1.82, 2.24) is 5.32 Å². The zero-order valence-electron chi connectivity index (χ0n) is 46.6. The van der Waals surface area contributed by atoms with Gasteiger partial charge in [0.1, 0.15) is 48.8 Å². The highest BCUT2D eigenvalue weighted by Crippen LogP contribution is 2.30. The molecule has 0 bridgehead atoms. The number of ether oxygens (including phenoxy) is 4. The van der Waals surface area contributed by atoms with Crippen molar-refractivity contribution in [3.8, 4) is 0 Å². The number of hydrogen-bond acceptors (Lipinski definition) is 13. The van der Waals surface area contributed by atoms with Crippen LogP contribution in [-0.2, 0) is 23.7 Å². The van der Waals surface area contributed by atoms with Gasteiger partial charge in [-0.05, 0) is 51.4 Å². The zero-order chi connectivity index (χ0) is 53.9. The minimum absolute atomic E-state index is 0.217. The first kappa shape index (κ1) is 68.3. The third-order valence-electron chi connectivity index (χ3n) is 14.9. The summed E-state index contributed by atoms with van der Waals surface area (Å²) in [4.78, 5) is 13.3. The molecule has 0 aromatic heterocycles. The monoisotopic (exact) mass is 1050 g/mol. The summed E-state index contributed by atoms with van der Waals surface area (Å²) < 4.78 is 22.8. The van der Waals surface area contributed by atoms with Crippen LogP contribution in [0.25, 0.3) is 0 Å². The fraction of sp³-hybridized carbons (Fsp3) is 0.883. The Morgan fingerprint density at radius 1 is 0.486 bits per heavy atom. The summed E-state index contributed by atoms with van der Waals surface area (Å²) in [7, 11) is 0. The molecule has 0 saturated carbocycles. The second-order valence-electron chi connectivity index (χ2n) is 21.5. The molecule has 0 radical (unpaired) electrons. The molecule has 0 aromatic rings. The molecule has 12 atom stereocenters. The third-order valence-corrected chi connectivity index (χ3v) is 14.9. The van der Waals surface area contributed by atoms with Crippen LogP contribution in [-0.4, -0.2) is 140 Å². The molecule has 9 N–H and O–H groups in total. The van der Waals surface area contributed by atoms with Gasteiger partial charge in [0, 0.05) is 6.42 Å². The van der Waals surface area contributed by atoms with Crippen LogP contribution in [0.2, 0.25) is 0 Å². The van der Waals surface area contributed by atoms with Gasteiger partial charge in [0.25, 0.3) is 0 Å². The Bertz CT molecular complexity index is 1380. The first-order valence-electron chi connectivity index (χ1n) is 30.2. The lowest BCUT2D eigenvalue weighted by molar-refractivity contribution is -0.359. The number of amides is 1. The summed E-state index contributed by atoms with van der Waals surface area (Å²) in [6.45, 7) is 2.86. The fourth-order valence-electron chi connectivity index (χ4n) is 9.95. The van der Waals surface area contributed by atoms with Crippen LogP contribution in [0.3, 0.4) is 0 Å². The van der Waals surface area contributed by atoms with Crippen molar-refractivity contribution in [3.63, 3.8) is 0 Å². The molecule has 14 nitrogen and oxygen atoms in total. The highest BCUT2D eigenvalue weighted by atomic mass is 16.7. The lowest BCUT2D eigenvalue weighted by Gasteiger charge is -2.46. The summed E-state index contributed by atoms with van der Waals surface area (Å²) in [5.41, 5.74) is 0. The number of unbranched alkanes of at least 4 members (excludes halogenated alkanes) is 29. The Balaban J connectivity index is 1.76. The summed E-state index contributed by atoms with van der Waals surface area (Å²) in [6.07, 6.45) is 38.5. The third kappa shape index (κ3) is 31.6. The van der Waals surface area contributed by atoms with Crippen molar-refractivity contribution in [3.05, 3.63) is 36.5 Å². The Morgan fingerprint density at radius 2 is 0.892 bits per heavy atom. The number of hydrogen-bond donors (Lipinski definition) is 9. The molecule has 2 aliphatic rings. The number of carbonyl (C=O) groups excluding carboxylic acids is 1. The predicted octanol–water partition coefficient (Wildman–Crippen LogP) is 10.2. The number of aliphatic hydroxyl groups is 8. The van der Waals surface area contributed by atoms with Crippen LogP contribution in [0.5, 0.6) is 0 Å². The highest BCUT2D eigenvalue weighted by Gasteiger charge is 2.51. The molecule has 434 valence electrons. The lowest BCUT2D eigenvalue weighted by Crippen LogP contribution is -2.65. The van der Waals surface area contributed by atoms with Crippen LogP contribution in [0.4, 0.5) is 0 Å². The van der Waals surface area contributed by atoms with Crippen LogP contribution in [0.15, 0.2) is 36.5 Å². The van der Waals surface area contributed by atoms with E-state index in [1.165, 1.54) is 135 Å². The topological polar surface area (TPSA) is 228 Å². The maximum atomic E-state index is 13.3. The Labute approximate surface area is 449 Å². The van der Waals surface area contributed by atoms with Gasteiger partial charge in [0.15, 0.2) is 12.6 Å². The van der Waals surface area contributed by atoms with Crippen molar-refractivity contribution in [2.75, 3.05) is 19.8 Å². The number of aliphatic hydroxyl groups excluding tert-OH is 8. The smallest absolute Gasteiger partial charge is 0.220 e. The summed E-state index contributed by atoms with van der Waals surface area (Å²) in [5, 5.41) is 87.3. The molecule has 12 unspecified atom stereocenters. The van der Waals surface area contributed by atoms with E-state index in [1.54, 1.807) is 0 Å². The molecule has 2 rings (SSSR count). The van der Waals surface area contributed by atoms with E-state index in [0.29, 0.717) is 19.3 Å². The van der Waals surface area contributed by atoms with E-state index in [4.69, 9.17) is 18.9 Å². The molecule has 0 aromatic carbocycles. The van der Waals surface area contributed by atoms with Crippen molar-refractivity contribution in [1.29, 1.82) is 0 Å². The van der Waals surface area contributed by atoms with E-state index in [1.807, 2.05) is 0 Å². The van der Waals surface area contributed by atoms with Gasteiger partial charge in [0.05, 0.1) is 32.0 Å². The van der Waals surface area contributed by atoms with Crippen LogP contribution >= 0.6 is 0 Å². The molecule has 2 heterocycles. The molecule has 0 aliphatic carbocycles. The normalized spacial score (nSPS) is 25.4. The Morgan fingerprint density at radius 3 is 1.36 bits per heavy atom. The highest BCUT2D eigenvalue weighted by molar-refractivity contribution is 5.76. The van der Waals surface area contributed by atoms with Gasteiger partial charge in [-0.2, -0.15) is 0 Å². The van der Waals surface area contributed by atoms with Crippen LogP contribution < -0.4 is 5.32 Å². The second kappa shape index (κ2) is 46.2. The summed E-state index contributed by atoms with van der Waals surface area (Å²) >= 11 is 0. The van der Waals surface area contributed by atoms with E-state index in [-0.39, 0.29) is 12.5 Å². The molecule has 2 saturated heterocycles. The maximum Gasteiger partial charge on any atom is 0.220 e. The van der Waals surface area contributed by atoms with Crippen molar-refractivity contribution >= 4 is 5.91 Å². The standard InChI is InChI=1S/C60H111NO13/c1-3-5-7-9-11-13-15-17-19-21-23-24-26-28-30-32-34-36-38-40-42-44-52(65)61-48(49(64)43-41-39-37-35-33-31-29-27-25-22-20-18-16-14-12-10-8-6-4-2)47-71-59-57(70)55(68)58(51(46-63)73-59)74-60-56(69)54(67)53(66)50(45-62)72-60/h15,17,21,23,26,28,48-51,53-60,62-64,66-70H,3-14,16,18-20,22,24-25,27,29-47H2,1-2H3,(H,61,65)/b17-15-,23-21-,28-26-.